The maximum absolute atomic E-state index is 10.3. The topological polar surface area (TPSA) is 36.0 Å². The Bertz CT molecular complexity index is 468. The Morgan fingerprint density at radius 2 is 1.88 bits per heavy atom. The molecular formula is C14H19NO. The maximum atomic E-state index is 10.3. The Morgan fingerprint density at radius 3 is 2.56 bits per heavy atom. The van der Waals surface area contributed by atoms with Gasteiger partial charge in [-0.1, -0.05) is 32.0 Å². The summed E-state index contributed by atoms with van der Waals surface area (Å²) in [5, 5.41) is 11.6. The lowest BCUT2D eigenvalue weighted by atomic mass is 9.89. The summed E-state index contributed by atoms with van der Waals surface area (Å²) >= 11 is 0. The molecule has 0 radical (unpaired) electrons. The number of aromatic amines is 1. The maximum Gasteiger partial charge on any atom is 0.0683 e. The van der Waals surface area contributed by atoms with Crippen molar-refractivity contribution in [3.8, 4) is 0 Å². The zero-order valence-corrected chi connectivity index (χ0v) is 9.96. The van der Waals surface area contributed by atoms with Gasteiger partial charge in [0.2, 0.25) is 0 Å². The lowest BCUT2D eigenvalue weighted by Crippen LogP contribution is -2.29. The molecule has 2 nitrogen and oxygen atoms in total. The number of aromatic nitrogens is 1. The van der Waals surface area contributed by atoms with E-state index in [-0.39, 0.29) is 0 Å². The monoisotopic (exact) mass is 217 g/mol. The number of hydrogen-bond donors (Lipinski definition) is 2. The van der Waals surface area contributed by atoms with Crippen LogP contribution >= 0.6 is 0 Å². The number of hydrogen-bond acceptors (Lipinski definition) is 1. The van der Waals surface area contributed by atoms with E-state index < -0.39 is 5.60 Å². The summed E-state index contributed by atoms with van der Waals surface area (Å²) < 4.78 is 0. The largest absolute Gasteiger partial charge is 0.390 e. The van der Waals surface area contributed by atoms with Gasteiger partial charge >= 0.3 is 0 Å². The number of benzene rings is 1. The third-order valence-electron chi connectivity index (χ3n) is 3.51. The van der Waals surface area contributed by atoms with Crippen LogP contribution in [0, 0.1) is 0 Å². The van der Waals surface area contributed by atoms with Gasteiger partial charge in [0.15, 0.2) is 0 Å². The summed E-state index contributed by atoms with van der Waals surface area (Å²) in [5.74, 6) is 0. The molecule has 0 atom stereocenters. The number of nitrogens with one attached hydrogen (secondary N) is 1. The van der Waals surface area contributed by atoms with Crippen molar-refractivity contribution in [3.63, 3.8) is 0 Å². The van der Waals surface area contributed by atoms with Gasteiger partial charge in [0, 0.05) is 23.5 Å². The van der Waals surface area contributed by atoms with E-state index in [9.17, 15) is 5.11 Å². The molecule has 1 aromatic heterocycles. The summed E-state index contributed by atoms with van der Waals surface area (Å²) in [6.45, 7) is 4.08. The van der Waals surface area contributed by atoms with E-state index in [2.05, 4.69) is 17.1 Å². The molecule has 2 aromatic rings. The van der Waals surface area contributed by atoms with Gasteiger partial charge in [-0.05, 0) is 24.5 Å². The Morgan fingerprint density at radius 1 is 1.19 bits per heavy atom. The van der Waals surface area contributed by atoms with Crippen molar-refractivity contribution in [2.75, 3.05) is 0 Å². The minimum Gasteiger partial charge on any atom is -0.390 e. The molecule has 0 spiro atoms. The summed E-state index contributed by atoms with van der Waals surface area (Å²) in [6, 6.07) is 8.23. The molecule has 0 bridgehead atoms. The summed E-state index contributed by atoms with van der Waals surface area (Å²) in [6.07, 6.45) is 4.33. The molecule has 0 aliphatic carbocycles. The highest BCUT2D eigenvalue weighted by Gasteiger charge is 2.23. The number of fused-ring (bicyclic) bond motifs is 1. The van der Waals surface area contributed by atoms with Crippen LogP contribution in [0.4, 0.5) is 0 Å². The molecule has 2 heteroatoms. The lowest BCUT2D eigenvalue weighted by molar-refractivity contribution is 0.0329. The van der Waals surface area contributed by atoms with Crippen molar-refractivity contribution in [2.24, 2.45) is 0 Å². The second-order valence-electron chi connectivity index (χ2n) is 4.47. The standard InChI is InChI=1S/C14H19NO/c1-3-14(16,4-2)9-11-10-15-13-8-6-5-7-12(11)13/h5-8,10,15-16H,3-4,9H2,1-2H3. The molecule has 1 aromatic carbocycles. The van der Waals surface area contributed by atoms with E-state index in [0.717, 1.165) is 24.8 Å². The van der Waals surface area contributed by atoms with Crippen LogP contribution in [-0.4, -0.2) is 15.7 Å². The highest BCUT2D eigenvalue weighted by atomic mass is 16.3. The zero-order valence-electron chi connectivity index (χ0n) is 9.96. The normalized spacial score (nSPS) is 12.2. The molecule has 2 N–H and O–H groups in total. The average Bonchev–Trinajstić information content (AvgIpc) is 2.73. The van der Waals surface area contributed by atoms with Gasteiger partial charge in [-0.25, -0.2) is 0 Å². The first-order valence-corrected chi connectivity index (χ1v) is 5.96. The molecule has 0 aliphatic rings. The molecule has 0 saturated carbocycles. The van der Waals surface area contributed by atoms with Crippen molar-refractivity contribution in [3.05, 3.63) is 36.0 Å². The van der Waals surface area contributed by atoms with Crippen LogP contribution < -0.4 is 0 Å². The van der Waals surface area contributed by atoms with Crippen LogP contribution in [-0.2, 0) is 6.42 Å². The van der Waals surface area contributed by atoms with E-state index in [0.29, 0.717) is 0 Å². The Hall–Kier alpha value is -1.28. The number of aliphatic hydroxyl groups is 1. The fourth-order valence-corrected chi connectivity index (χ4v) is 2.13. The predicted octanol–water partition coefficient (Wildman–Crippen LogP) is 3.26. The molecule has 0 unspecified atom stereocenters. The van der Waals surface area contributed by atoms with Gasteiger partial charge < -0.3 is 10.1 Å². The molecule has 0 aliphatic heterocycles. The molecule has 0 amide bonds. The fraction of sp³-hybridized carbons (Fsp3) is 0.429. The summed E-state index contributed by atoms with van der Waals surface area (Å²) in [4.78, 5) is 3.25. The Kier molecular flexibility index (Phi) is 3.01. The number of rotatable bonds is 4. The minimum atomic E-state index is -0.565. The second-order valence-corrected chi connectivity index (χ2v) is 4.47. The van der Waals surface area contributed by atoms with Crippen LogP contribution in [0.3, 0.4) is 0 Å². The van der Waals surface area contributed by atoms with Crippen LogP contribution in [0.1, 0.15) is 32.3 Å². The fourth-order valence-electron chi connectivity index (χ4n) is 2.13. The highest BCUT2D eigenvalue weighted by Crippen LogP contribution is 2.26. The van der Waals surface area contributed by atoms with E-state index >= 15 is 0 Å². The third kappa shape index (κ3) is 1.98. The molecule has 16 heavy (non-hydrogen) atoms. The molecule has 2 rings (SSSR count). The highest BCUT2D eigenvalue weighted by molar-refractivity contribution is 5.83. The first kappa shape index (κ1) is 11.2. The molecule has 1 heterocycles. The summed E-state index contributed by atoms with van der Waals surface area (Å²) in [7, 11) is 0. The first-order chi connectivity index (χ1) is 7.68. The van der Waals surface area contributed by atoms with Crippen LogP contribution in [0.2, 0.25) is 0 Å². The van der Waals surface area contributed by atoms with E-state index in [1.165, 1.54) is 10.9 Å². The number of H-pyrrole nitrogens is 1. The van der Waals surface area contributed by atoms with E-state index in [1.54, 1.807) is 0 Å². The average molecular weight is 217 g/mol. The van der Waals surface area contributed by atoms with Gasteiger partial charge in [0.25, 0.3) is 0 Å². The predicted molar refractivity (Wildman–Crippen MR) is 67.5 cm³/mol. The second kappa shape index (κ2) is 4.30. The van der Waals surface area contributed by atoms with Crippen LogP contribution in [0.15, 0.2) is 30.5 Å². The van der Waals surface area contributed by atoms with Crippen molar-refractivity contribution in [1.82, 2.24) is 4.98 Å². The molecule has 86 valence electrons. The van der Waals surface area contributed by atoms with Gasteiger partial charge in [-0.2, -0.15) is 0 Å². The van der Waals surface area contributed by atoms with Crippen LogP contribution in [0.25, 0.3) is 10.9 Å². The summed E-state index contributed by atoms with van der Waals surface area (Å²) in [5.41, 5.74) is 1.79. The number of para-hydroxylation sites is 1. The molecule has 0 fully saturated rings. The quantitative estimate of drug-likeness (QED) is 0.810. The first-order valence-electron chi connectivity index (χ1n) is 5.96. The third-order valence-corrected chi connectivity index (χ3v) is 3.51. The molecular weight excluding hydrogens is 198 g/mol. The lowest BCUT2D eigenvalue weighted by Gasteiger charge is -2.24. The van der Waals surface area contributed by atoms with Crippen molar-refractivity contribution in [1.29, 1.82) is 0 Å². The van der Waals surface area contributed by atoms with Gasteiger partial charge in [0.05, 0.1) is 5.60 Å². The minimum absolute atomic E-state index is 0.565. The van der Waals surface area contributed by atoms with Crippen molar-refractivity contribution < 1.29 is 5.11 Å². The van der Waals surface area contributed by atoms with Crippen molar-refractivity contribution >= 4 is 10.9 Å². The Labute approximate surface area is 96.3 Å². The van der Waals surface area contributed by atoms with E-state index in [1.807, 2.05) is 32.2 Å². The Balaban J connectivity index is 2.34. The van der Waals surface area contributed by atoms with Crippen LogP contribution in [0.5, 0.6) is 0 Å². The van der Waals surface area contributed by atoms with Gasteiger partial charge in [-0.15, -0.1) is 0 Å². The van der Waals surface area contributed by atoms with Gasteiger partial charge in [0.1, 0.15) is 0 Å². The van der Waals surface area contributed by atoms with Crippen molar-refractivity contribution in [2.45, 2.75) is 38.7 Å². The zero-order chi connectivity index (χ0) is 11.6. The SMILES string of the molecule is CCC(O)(CC)Cc1c[nH]c2ccccc12. The van der Waals surface area contributed by atoms with E-state index in [4.69, 9.17) is 0 Å². The van der Waals surface area contributed by atoms with Gasteiger partial charge in [-0.3, -0.25) is 0 Å². The molecule has 0 saturated heterocycles. The smallest absolute Gasteiger partial charge is 0.0683 e.